The van der Waals surface area contributed by atoms with Gasteiger partial charge in [0.2, 0.25) is 0 Å². The van der Waals surface area contributed by atoms with Crippen LogP contribution in [0.3, 0.4) is 0 Å². The van der Waals surface area contributed by atoms with Crippen molar-refractivity contribution in [3.05, 3.63) is 197 Å². The largest absolute Gasteiger partial charge is 0.494 e. The maximum Gasteiger partial charge on any atom is 0.474 e. The molecular formula is C91H101N24O20P3. The topological polar surface area (TPSA) is 554 Å². The molecule has 720 valence electrons. The molecule has 0 aliphatic carbocycles. The molecule has 0 saturated carbocycles. The van der Waals surface area contributed by atoms with Crippen LogP contribution in [0.25, 0.3) is 66.9 Å². The number of nitriles is 3. The van der Waals surface area contributed by atoms with E-state index in [9.17, 15) is 72.9 Å². The molecule has 3 aliphatic heterocycles. The first-order chi connectivity index (χ1) is 65.4. The Bertz CT molecular complexity index is 7020. The number of aryl methyl sites for hydroxylation is 3. The number of hydrogen-bond acceptors (Lipinski definition) is 32. The molecule has 2 atom stereocenters. The zero-order valence-electron chi connectivity index (χ0n) is 78.3. The van der Waals surface area contributed by atoms with Crippen LogP contribution in [0, 0.1) is 60.2 Å². The van der Waals surface area contributed by atoms with Crippen molar-refractivity contribution in [2.75, 3.05) is 66.8 Å². The molecule has 0 radical (unpaired) electrons. The van der Waals surface area contributed by atoms with Crippen LogP contribution >= 0.6 is 23.2 Å². The Labute approximate surface area is 791 Å². The number of fused-ring (bicyclic) bond motifs is 3. The Kier molecular flexibility index (Phi) is 31.0. The summed E-state index contributed by atoms with van der Waals surface area (Å²) < 4.78 is 90.9. The van der Waals surface area contributed by atoms with Gasteiger partial charge in [-0.25, -0.2) is 53.1 Å². The first-order valence-electron chi connectivity index (χ1n) is 43.2. The van der Waals surface area contributed by atoms with Crippen molar-refractivity contribution in [3.8, 4) is 52.9 Å². The summed E-state index contributed by atoms with van der Waals surface area (Å²) in [4.78, 5) is 155. The lowest BCUT2D eigenvalue weighted by molar-refractivity contribution is -0.127. The number of ketones is 3. The number of aromatic nitrogens is 18. The number of phosphoric ester groups is 2. The Morgan fingerprint density at radius 2 is 0.710 bits per heavy atom. The van der Waals surface area contributed by atoms with Gasteiger partial charge in [-0.3, -0.25) is 66.4 Å². The van der Waals surface area contributed by atoms with Crippen molar-refractivity contribution < 1.29 is 94.0 Å². The van der Waals surface area contributed by atoms with E-state index in [2.05, 4.69) is 78.4 Å². The van der Waals surface area contributed by atoms with E-state index < -0.39 is 88.4 Å². The standard InChI is InChI=1S/C35H43N8O6P.C30H33N8O7P.C26H25N8O7P/c1-23-39-21-43(40-23)32-30-29(28(47-8)18-38-32)26(19-42(30)22-48-50(46,20-34(2,3)4)49-35(5,6)7)31(44)33(45)41-15-12-24(13-16-41)25(17-36)27-11-9-10-14-37-27;1-19-34-17-38(35-19)28-26-25(24(43-5)15-33-28)22(16-37(26)18-44-46(41,42)45-30(2,3)4)27(39)29(40)36-12-9-20(10-13-36)21(14-31)23-8-6-7-11-32-23;1-16-30-14-34(31-16)25-23-22(21(40-2)12-29-25)19(13-33(23)15-41-42(37,38)39)24(35)26(36)32-9-6-17(7-10-32)18(11-27)20-5-3-4-8-28-20/h9-11,14,18-19,21H,12-13,15-16,20,22H2,1-8H3;6-8,11,15-17H,9-10,12-13,18H2,1-5H3,(H,41,42);3-5,8,12-14H,6-7,9-10,15H2,1-2H3,(H2,37,38,39). The van der Waals surface area contributed by atoms with Crippen molar-refractivity contribution in [2.24, 2.45) is 5.41 Å². The molecule has 12 aromatic heterocycles. The summed E-state index contributed by atoms with van der Waals surface area (Å²) in [5.74, 6) is -2.07. The fourth-order valence-corrected chi connectivity index (χ4v) is 19.6. The van der Waals surface area contributed by atoms with Crippen LogP contribution in [-0.4, -0.2) is 230 Å². The quantitative estimate of drug-likeness (QED) is 0.0186. The number of rotatable bonds is 27. The zero-order chi connectivity index (χ0) is 99.7. The Morgan fingerprint density at radius 1 is 0.413 bits per heavy atom. The smallest absolute Gasteiger partial charge is 0.474 e. The molecule has 3 amide bonds. The van der Waals surface area contributed by atoms with Crippen molar-refractivity contribution in [3.63, 3.8) is 0 Å². The molecule has 12 aromatic rings. The number of ether oxygens (including phenoxy) is 3. The van der Waals surface area contributed by atoms with E-state index in [1.165, 1.54) is 115 Å². The highest BCUT2D eigenvalue weighted by Gasteiger charge is 2.41. The minimum Gasteiger partial charge on any atom is -0.494 e. The Balaban J connectivity index is 0.000000175. The summed E-state index contributed by atoms with van der Waals surface area (Å²) in [5.41, 5.74) is 4.28. The first-order valence-corrected chi connectivity index (χ1v) is 48.0. The van der Waals surface area contributed by atoms with Gasteiger partial charge in [0.25, 0.3) is 35.1 Å². The normalized spacial score (nSPS) is 14.6. The van der Waals surface area contributed by atoms with E-state index in [4.69, 9.17) is 36.8 Å². The second kappa shape index (κ2) is 42.2. The summed E-state index contributed by atoms with van der Waals surface area (Å²) in [6.07, 6.45) is 20.0. The number of amides is 3. The number of pyridine rings is 6. The number of nitrogens with zero attached hydrogens (tertiary/aromatic N) is 24. The average Bonchev–Trinajstić information content (AvgIpc) is 1.60. The van der Waals surface area contributed by atoms with Gasteiger partial charge in [-0.05, 0) is 159 Å². The number of carbonyl (C=O) groups is 6. The predicted octanol–water partition coefficient (Wildman–Crippen LogP) is 12.3. The molecule has 3 saturated heterocycles. The third-order valence-electron chi connectivity index (χ3n) is 21.7. The maximum absolute atomic E-state index is 14.2. The van der Waals surface area contributed by atoms with Crippen molar-refractivity contribution in [2.45, 2.75) is 153 Å². The highest BCUT2D eigenvalue weighted by molar-refractivity contribution is 7.53. The number of phosphoric acid groups is 2. The van der Waals surface area contributed by atoms with Gasteiger partial charge >= 0.3 is 23.2 Å². The third-order valence-corrected chi connectivity index (χ3v) is 26.0. The summed E-state index contributed by atoms with van der Waals surface area (Å²) in [6.45, 7) is 21.0. The number of carbonyl (C=O) groups excluding carboxylic acids is 6. The van der Waals surface area contributed by atoms with Crippen LogP contribution < -0.4 is 14.2 Å². The number of likely N-dealkylation sites (tertiary alicyclic amines) is 3. The fraction of sp³-hybridized carbons (Fsp3) is 0.374. The van der Waals surface area contributed by atoms with E-state index in [1.807, 2.05) is 26.8 Å². The van der Waals surface area contributed by atoms with Gasteiger partial charge in [-0.2, -0.15) is 31.1 Å². The van der Waals surface area contributed by atoms with Crippen LogP contribution in [-0.2, 0) is 70.9 Å². The number of Topliss-reactive ketones (excluding diaryl/α,β-unsaturated/α-hetero) is 3. The van der Waals surface area contributed by atoms with Crippen molar-refractivity contribution >= 4 is 108 Å². The van der Waals surface area contributed by atoms with Crippen LogP contribution in [0.4, 0.5) is 0 Å². The Hall–Kier alpha value is -14.2. The van der Waals surface area contributed by atoms with Gasteiger partial charge in [0.05, 0.1) is 124 Å². The summed E-state index contributed by atoms with van der Waals surface area (Å²) in [5, 5.41) is 43.1. The van der Waals surface area contributed by atoms with E-state index >= 15 is 0 Å². The number of piperidine rings is 3. The molecule has 3 aliphatic rings. The van der Waals surface area contributed by atoms with E-state index in [0.717, 1.165) is 16.7 Å². The van der Waals surface area contributed by atoms with Crippen LogP contribution in [0.1, 0.15) is 166 Å². The first kappa shape index (κ1) is 101. The minimum atomic E-state index is -4.90. The summed E-state index contributed by atoms with van der Waals surface area (Å²) in [7, 11) is -8.96. The van der Waals surface area contributed by atoms with Gasteiger partial charge in [0.15, 0.2) is 17.5 Å². The second-order valence-corrected chi connectivity index (χ2v) is 39.7. The summed E-state index contributed by atoms with van der Waals surface area (Å²) in [6, 6.07) is 22.7. The Morgan fingerprint density at radius 3 is 0.957 bits per heavy atom. The van der Waals surface area contributed by atoms with E-state index in [0.29, 0.717) is 107 Å². The van der Waals surface area contributed by atoms with Gasteiger partial charge < -0.3 is 61.8 Å². The third kappa shape index (κ3) is 23.7. The number of hydrogen-bond donors (Lipinski definition) is 3. The maximum atomic E-state index is 14.2. The molecule has 138 heavy (non-hydrogen) atoms. The minimum absolute atomic E-state index is 0.0296. The summed E-state index contributed by atoms with van der Waals surface area (Å²) >= 11 is 0. The molecule has 3 N–H and O–H groups in total. The molecule has 0 bridgehead atoms. The molecule has 2 unspecified atom stereocenters. The van der Waals surface area contributed by atoms with Gasteiger partial charge in [-0.15, -0.1) is 0 Å². The highest BCUT2D eigenvalue weighted by Crippen LogP contribution is 2.56. The number of allylic oxidation sites excluding steroid dienone is 3. The SMILES string of the molecule is COc1cnc(-n2cnc(C)n2)c2c1c(C(=O)C(=O)N1CCC(=C(C#N)c3ccccn3)CC1)cn2COP(=O)(CC(C)(C)C)OC(C)(C)C.COc1cnc(-n2cnc(C)n2)c2c1c(C(=O)C(=O)N1CCC(=C(C#N)c3ccccn3)CC1)cn2COP(=O)(O)O.COc1cnc(-n2cnc(C)n2)c2c1c(C(=O)C(=O)N1CCC(=C(C#N)c3ccccn3)CC1)cn2COP(=O)(O)OC(C)(C)C. The molecule has 15 rings (SSSR count). The lowest BCUT2D eigenvalue weighted by Gasteiger charge is -2.31. The number of methoxy groups -OCH3 is 3. The molecule has 15 heterocycles. The zero-order valence-corrected chi connectivity index (χ0v) is 81.0. The van der Waals surface area contributed by atoms with Crippen LogP contribution in [0.5, 0.6) is 17.2 Å². The van der Waals surface area contributed by atoms with Gasteiger partial charge in [0.1, 0.15) is 109 Å². The average molecular weight is 1940 g/mol. The van der Waals surface area contributed by atoms with E-state index in [1.54, 1.807) is 134 Å². The van der Waals surface area contributed by atoms with Gasteiger partial charge in [0, 0.05) is 76.4 Å². The molecular weight excluding hydrogens is 1840 g/mol. The molecule has 0 spiro atoms. The van der Waals surface area contributed by atoms with Crippen molar-refractivity contribution in [1.82, 2.24) is 103 Å². The molecule has 47 heteroatoms. The lowest BCUT2D eigenvalue weighted by Crippen LogP contribution is -2.40. The molecule has 0 aromatic carbocycles. The monoisotopic (exact) mass is 1940 g/mol. The van der Waals surface area contributed by atoms with Crippen molar-refractivity contribution in [1.29, 1.82) is 15.8 Å². The predicted molar refractivity (Wildman–Crippen MR) is 497 cm³/mol. The second-order valence-electron chi connectivity index (χ2n) is 35.1. The lowest BCUT2D eigenvalue weighted by atomic mass is 9.95. The fourth-order valence-electron chi connectivity index (χ4n) is 15.9. The van der Waals surface area contributed by atoms with E-state index in [-0.39, 0.29) is 120 Å². The van der Waals surface area contributed by atoms with Gasteiger partial charge in [-0.1, -0.05) is 39.0 Å². The molecule has 3 fully saturated rings. The molecule has 44 nitrogen and oxygen atoms in total. The highest BCUT2D eigenvalue weighted by atomic mass is 31.2. The van der Waals surface area contributed by atoms with Crippen LogP contribution in [0.2, 0.25) is 0 Å². The van der Waals surface area contributed by atoms with Crippen LogP contribution in [0.15, 0.2) is 146 Å².